The maximum atomic E-state index is 12.2. The highest BCUT2D eigenvalue weighted by Gasteiger charge is 2.20. The first-order valence-corrected chi connectivity index (χ1v) is 10.0. The van der Waals surface area contributed by atoms with Crippen LogP contribution in [-0.2, 0) is 14.8 Å². The van der Waals surface area contributed by atoms with Crippen molar-refractivity contribution in [3.05, 3.63) is 60.2 Å². The van der Waals surface area contributed by atoms with Crippen LogP contribution in [0.2, 0.25) is 0 Å². The Morgan fingerprint density at radius 2 is 1.80 bits per heavy atom. The summed E-state index contributed by atoms with van der Waals surface area (Å²) in [5.41, 5.74) is 0.679. The highest BCUT2D eigenvalue weighted by atomic mass is 32.2. The molecule has 2 N–H and O–H groups in total. The van der Waals surface area contributed by atoms with Crippen molar-refractivity contribution in [2.75, 3.05) is 19.4 Å². The minimum absolute atomic E-state index is 0.135. The minimum Gasteiger partial charge on any atom is -0.497 e. The van der Waals surface area contributed by atoms with Gasteiger partial charge in [-0.1, -0.05) is 30.3 Å². The number of rotatable bonds is 9. The Hall–Kier alpha value is -2.03. The molecule has 8 heteroatoms. The molecule has 0 heterocycles. The van der Waals surface area contributed by atoms with E-state index in [1.54, 1.807) is 36.4 Å². The van der Waals surface area contributed by atoms with E-state index in [1.165, 1.54) is 31.0 Å². The molecule has 0 saturated heterocycles. The number of carboxylic acid groups (broad SMARTS) is 1. The van der Waals surface area contributed by atoms with Gasteiger partial charge in [0.15, 0.2) is 0 Å². The first-order chi connectivity index (χ1) is 11.9. The highest BCUT2D eigenvalue weighted by molar-refractivity contribution is 8.00. The molecule has 0 aliphatic heterocycles. The summed E-state index contributed by atoms with van der Waals surface area (Å²) in [6.07, 6.45) is 0. The largest absolute Gasteiger partial charge is 0.497 e. The highest BCUT2D eigenvalue weighted by Crippen LogP contribution is 2.28. The molecule has 2 rings (SSSR count). The monoisotopic (exact) mass is 381 g/mol. The quantitative estimate of drug-likeness (QED) is 0.649. The van der Waals surface area contributed by atoms with Gasteiger partial charge in [0.2, 0.25) is 10.0 Å². The number of benzene rings is 2. The van der Waals surface area contributed by atoms with Crippen LogP contribution < -0.4 is 9.46 Å². The second kappa shape index (κ2) is 8.89. The topological polar surface area (TPSA) is 92.7 Å². The molecule has 1 unspecified atom stereocenters. The Balaban J connectivity index is 1.91. The van der Waals surface area contributed by atoms with Crippen molar-refractivity contribution < 1.29 is 23.1 Å². The summed E-state index contributed by atoms with van der Waals surface area (Å²) in [6.45, 7) is 0.135. The van der Waals surface area contributed by atoms with Crippen molar-refractivity contribution >= 4 is 27.8 Å². The van der Waals surface area contributed by atoms with Gasteiger partial charge in [0, 0.05) is 12.3 Å². The Kier molecular flexibility index (Phi) is 6.86. The van der Waals surface area contributed by atoms with Crippen molar-refractivity contribution in [1.82, 2.24) is 4.72 Å². The normalized spacial score (nSPS) is 12.5. The fourth-order valence-corrected chi connectivity index (χ4v) is 4.24. The molecule has 0 aliphatic carbocycles. The summed E-state index contributed by atoms with van der Waals surface area (Å²) in [4.78, 5) is 11.5. The summed E-state index contributed by atoms with van der Waals surface area (Å²) >= 11 is 1.18. The van der Waals surface area contributed by atoms with Gasteiger partial charge in [-0.15, -0.1) is 11.8 Å². The molecule has 0 amide bonds. The van der Waals surface area contributed by atoms with Crippen LogP contribution in [0, 0.1) is 0 Å². The summed E-state index contributed by atoms with van der Waals surface area (Å²) in [5.74, 6) is -0.0442. The Labute approximate surface area is 151 Å². The Morgan fingerprint density at radius 1 is 1.16 bits per heavy atom. The second-order valence-corrected chi connectivity index (χ2v) is 8.05. The third kappa shape index (κ3) is 5.48. The lowest BCUT2D eigenvalue weighted by Gasteiger charge is -2.13. The number of ether oxygens (including phenoxy) is 1. The second-order valence-electron chi connectivity index (χ2n) is 5.07. The van der Waals surface area contributed by atoms with Crippen LogP contribution in [0.25, 0.3) is 0 Å². The molecule has 0 bridgehead atoms. The van der Waals surface area contributed by atoms with E-state index in [4.69, 9.17) is 4.74 Å². The van der Waals surface area contributed by atoms with Crippen molar-refractivity contribution in [3.63, 3.8) is 0 Å². The average Bonchev–Trinajstić information content (AvgIpc) is 2.62. The van der Waals surface area contributed by atoms with Gasteiger partial charge < -0.3 is 9.84 Å². The van der Waals surface area contributed by atoms with Gasteiger partial charge in [0.05, 0.1) is 12.0 Å². The molecular weight excluding hydrogens is 362 g/mol. The number of hydrogen-bond donors (Lipinski definition) is 2. The van der Waals surface area contributed by atoms with Gasteiger partial charge >= 0.3 is 5.97 Å². The fourth-order valence-electron chi connectivity index (χ4n) is 2.13. The van der Waals surface area contributed by atoms with Gasteiger partial charge in [-0.2, -0.15) is 0 Å². The van der Waals surface area contributed by atoms with Crippen LogP contribution in [0.15, 0.2) is 59.5 Å². The van der Waals surface area contributed by atoms with Crippen LogP contribution in [0.5, 0.6) is 5.75 Å². The lowest BCUT2D eigenvalue weighted by atomic mass is 10.1. The first kappa shape index (κ1) is 19.3. The smallest absolute Gasteiger partial charge is 0.321 e. The number of carboxylic acids is 1. The lowest BCUT2D eigenvalue weighted by Crippen LogP contribution is -2.26. The summed E-state index contributed by atoms with van der Waals surface area (Å²) < 4.78 is 31.9. The number of hydrogen-bond acceptors (Lipinski definition) is 5. The maximum absolute atomic E-state index is 12.2. The third-order valence-corrected chi connectivity index (χ3v) is 6.10. The number of aliphatic carboxylic acids is 1. The van der Waals surface area contributed by atoms with E-state index in [2.05, 4.69) is 4.72 Å². The number of methoxy groups -OCH3 is 1. The molecule has 25 heavy (non-hydrogen) atoms. The van der Waals surface area contributed by atoms with E-state index in [1.807, 2.05) is 6.07 Å². The van der Waals surface area contributed by atoms with E-state index in [0.717, 1.165) is 0 Å². The molecule has 2 aromatic rings. The fraction of sp³-hybridized carbons (Fsp3) is 0.235. The van der Waals surface area contributed by atoms with Crippen LogP contribution in [0.1, 0.15) is 10.8 Å². The summed E-state index contributed by atoms with van der Waals surface area (Å²) in [5, 5.41) is 8.61. The molecule has 0 spiro atoms. The van der Waals surface area contributed by atoms with Crippen LogP contribution >= 0.6 is 11.8 Å². The van der Waals surface area contributed by atoms with E-state index in [-0.39, 0.29) is 11.4 Å². The molecule has 2 aromatic carbocycles. The van der Waals surface area contributed by atoms with Crippen LogP contribution in [-0.4, -0.2) is 38.9 Å². The standard InChI is InChI=1S/C17H19NO5S2/c1-23-14-7-9-15(10-8-14)25(21,22)18-11-12-24-16(17(19)20)13-5-3-2-4-6-13/h2-10,16,18H,11-12H2,1H3,(H,19,20). The van der Waals surface area contributed by atoms with Crippen molar-refractivity contribution in [3.8, 4) is 5.75 Å². The SMILES string of the molecule is COc1ccc(S(=O)(=O)NCCSC(C(=O)O)c2ccccc2)cc1. The van der Waals surface area contributed by atoms with Crippen molar-refractivity contribution in [2.45, 2.75) is 10.1 Å². The van der Waals surface area contributed by atoms with Gasteiger partial charge in [0.1, 0.15) is 11.0 Å². The Bertz CT molecular complexity index is 792. The maximum Gasteiger partial charge on any atom is 0.321 e. The predicted octanol–water partition coefficient (Wildman–Crippen LogP) is 2.53. The van der Waals surface area contributed by atoms with Crippen molar-refractivity contribution in [1.29, 1.82) is 0 Å². The Morgan fingerprint density at radius 3 is 2.36 bits per heavy atom. The lowest BCUT2D eigenvalue weighted by molar-refractivity contribution is -0.136. The number of carbonyl (C=O) groups is 1. The summed E-state index contributed by atoms with van der Waals surface area (Å²) in [6, 6.07) is 14.9. The van der Waals surface area contributed by atoms with Crippen LogP contribution in [0.3, 0.4) is 0 Å². The van der Waals surface area contributed by atoms with E-state index < -0.39 is 21.2 Å². The zero-order valence-corrected chi connectivity index (χ0v) is 15.2. The third-order valence-electron chi connectivity index (χ3n) is 3.38. The van der Waals surface area contributed by atoms with Crippen molar-refractivity contribution in [2.24, 2.45) is 0 Å². The molecule has 6 nitrogen and oxygen atoms in total. The zero-order chi connectivity index (χ0) is 18.3. The summed E-state index contributed by atoms with van der Waals surface area (Å²) in [7, 11) is -2.13. The molecule has 134 valence electrons. The molecular formula is C17H19NO5S2. The average molecular weight is 381 g/mol. The van der Waals surface area contributed by atoms with Crippen LogP contribution in [0.4, 0.5) is 0 Å². The molecule has 1 atom stereocenters. The zero-order valence-electron chi connectivity index (χ0n) is 13.6. The number of nitrogens with one attached hydrogen (secondary N) is 1. The van der Waals surface area contributed by atoms with Gasteiger partial charge in [-0.3, -0.25) is 4.79 Å². The predicted molar refractivity (Wildman–Crippen MR) is 97.5 cm³/mol. The van der Waals surface area contributed by atoms with Gasteiger partial charge in [-0.05, 0) is 29.8 Å². The molecule has 0 aliphatic rings. The first-order valence-electron chi connectivity index (χ1n) is 7.47. The minimum atomic E-state index is -3.63. The molecule has 0 aromatic heterocycles. The van der Waals surface area contributed by atoms with Gasteiger partial charge in [0.25, 0.3) is 0 Å². The molecule has 0 saturated carbocycles. The number of thioether (sulfide) groups is 1. The molecule has 0 fully saturated rings. The van der Waals surface area contributed by atoms with E-state index >= 15 is 0 Å². The van der Waals surface area contributed by atoms with E-state index in [0.29, 0.717) is 17.1 Å². The van der Waals surface area contributed by atoms with Gasteiger partial charge in [-0.25, -0.2) is 13.1 Å². The van der Waals surface area contributed by atoms with E-state index in [9.17, 15) is 18.3 Å². The molecule has 0 radical (unpaired) electrons. The number of sulfonamides is 1.